The second-order valence-electron chi connectivity index (χ2n) is 3.65. The molecular formula is C11H13FN2O3S. The third kappa shape index (κ3) is 3.50. The maximum Gasteiger partial charge on any atom is 0.240 e. The Balaban J connectivity index is 2.96. The Hall–Kier alpha value is -1.49. The molecule has 18 heavy (non-hydrogen) atoms. The van der Waals surface area contributed by atoms with Gasteiger partial charge in [-0.1, -0.05) is 0 Å². The highest BCUT2D eigenvalue weighted by atomic mass is 32.2. The maximum atomic E-state index is 13.1. The summed E-state index contributed by atoms with van der Waals surface area (Å²) in [5, 5.41) is 8.64. The van der Waals surface area contributed by atoms with Crippen LogP contribution in [-0.2, 0) is 14.8 Å². The van der Waals surface area contributed by atoms with Crippen molar-refractivity contribution in [2.45, 2.75) is 17.9 Å². The van der Waals surface area contributed by atoms with Crippen LogP contribution in [0.25, 0.3) is 0 Å². The number of benzene rings is 1. The van der Waals surface area contributed by atoms with E-state index in [2.05, 4.69) is 4.72 Å². The van der Waals surface area contributed by atoms with Crippen molar-refractivity contribution in [2.24, 2.45) is 0 Å². The van der Waals surface area contributed by atoms with Crippen LogP contribution in [0.15, 0.2) is 23.1 Å². The second-order valence-corrected chi connectivity index (χ2v) is 5.42. The zero-order valence-corrected chi connectivity index (χ0v) is 10.8. The van der Waals surface area contributed by atoms with Crippen LogP contribution in [0.3, 0.4) is 0 Å². The summed E-state index contributed by atoms with van der Waals surface area (Å²) in [5.41, 5.74) is -0.308. The summed E-state index contributed by atoms with van der Waals surface area (Å²) in [5.74, 6) is -0.748. The van der Waals surface area contributed by atoms with Crippen LogP contribution in [0.2, 0.25) is 0 Å². The maximum absolute atomic E-state index is 13.1. The van der Waals surface area contributed by atoms with Gasteiger partial charge < -0.3 is 4.74 Å². The van der Waals surface area contributed by atoms with E-state index in [4.69, 9.17) is 10.00 Å². The molecule has 1 atom stereocenters. The van der Waals surface area contributed by atoms with E-state index in [1.54, 1.807) is 13.0 Å². The molecule has 0 aliphatic rings. The Labute approximate surface area is 105 Å². The van der Waals surface area contributed by atoms with Gasteiger partial charge in [0.25, 0.3) is 0 Å². The number of hydrogen-bond acceptors (Lipinski definition) is 4. The minimum Gasteiger partial charge on any atom is -0.380 e. The lowest BCUT2D eigenvalue weighted by Gasteiger charge is -2.11. The van der Waals surface area contributed by atoms with Crippen molar-refractivity contribution < 1.29 is 17.5 Å². The Morgan fingerprint density at radius 2 is 2.22 bits per heavy atom. The largest absolute Gasteiger partial charge is 0.380 e. The molecule has 1 aromatic carbocycles. The molecule has 0 amide bonds. The fourth-order valence-electron chi connectivity index (χ4n) is 1.15. The lowest BCUT2D eigenvalue weighted by molar-refractivity contribution is 0.122. The van der Waals surface area contributed by atoms with Crippen LogP contribution in [-0.4, -0.2) is 28.2 Å². The summed E-state index contributed by atoms with van der Waals surface area (Å²) in [4.78, 5) is -0.149. The molecule has 0 heterocycles. The second kappa shape index (κ2) is 5.91. The van der Waals surface area contributed by atoms with Crippen molar-refractivity contribution in [3.8, 4) is 6.07 Å². The number of halogens is 1. The third-order valence-electron chi connectivity index (χ3n) is 2.33. The minimum absolute atomic E-state index is 0.0953. The molecule has 0 bridgehead atoms. The third-order valence-corrected chi connectivity index (χ3v) is 3.75. The summed E-state index contributed by atoms with van der Waals surface area (Å²) in [7, 11) is -2.30. The molecule has 0 aromatic heterocycles. The van der Waals surface area contributed by atoms with Gasteiger partial charge in [-0.2, -0.15) is 5.26 Å². The van der Waals surface area contributed by atoms with Gasteiger partial charge in [0.2, 0.25) is 10.0 Å². The number of nitrogens with zero attached hydrogens (tertiary/aromatic N) is 1. The average Bonchev–Trinajstić information content (AvgIpc) is 2.36. The highest BCUT2D eigenvalue weighted by Crippen LogP contribution is 2.14. The number of nitrogens with one attached hydrogen (secondary N) is 1. The molecule has 7 heteroatoms. The van der Waals surface area contributed by atoms with Crippen molar-refractivity contribution in [2.75, 3.05) is 13.7 Å². The lowest BCUT2D eigenvalue weighted by Crippen LogP contribution is -2.31. The molecule has 0 saturated carbocycles. The molecule has 0 fully saturated rings. The van der Waals surface area contributed by atoms with Gasteiger partial charge >= 0.3 is 0 Å². The Morgan fingerprint density at radius 1 is 1.56 bits per heavy atom. The summed E-state index contributed by atoms with van der Waals surface area (Å²) < 4.78 is 44.0. The summed E-state index contributed by atoms with van der Waals surface area (Å²) in [6.07, 6.45) is -0.282. The topological polar surface area (TPSA) is 79.2 Å². The SMILES string of the molecule is COC(C)CNS(=O)(=O)c1ccc(F)c(C#N)c1. The van der Waals surface area contributed by atoms with Crippen molar-refractivity contribution in [3.63, 3.8) is 0 Å². The quantitative estimate of drug-likeness (QED) is 0.867. The van der Waals surface area contributed by atoms with E-state index in [-0.39, 0.29) is 23.1 Å². The molecular weight excluding hydrogens is 259 g/mol. The van der Waals surface area contributed by atoms with Crippen molar-refractivity contribution in [3.05, 3.63) is 29.6 Å². The van der Waals surface area contributed by atoms with Crippen LogP contribution in [0, 0.1) is 17.1 Å². The number of sulfonamides is 1. The smallest absolute Gasteiger partial charge is 0.240 e. The molecule has 1 aromatic rings. The van der Waals surface area contributed by atoms with E-state index in [0.717, 1.165) is 18.2 Å². The highest BCUT2D eigenvalue weighted by molar-refractivity contribution is 7.89. The van der Waals surface area contributed by atoms with Crippen LogP contribution in [0.1, 0.15) is 12.5 Å². The molecule has 0 aliphatic heterocycles. The van der Waals surface area contributed by atoms with Gasteiger partial charge in [-0.25, -0.2) is 17.5 Å². The lowest BCUT2D eigenvalue weighted by atomic mass is 10.2. The van der Waals surface area contributed by atoms with Crippen molar-refractivity contribution in [1.29, 1.82) is 5.26 Å². The van der Waals surface area contributed by atoms with E-state index in [1.165, 1.54) is 7.11 Å². The van der Waals surface area contributed by atoms with Gasteiger partial charge in [0.1, 0.15) is 11.9 Å². The van der Waals surface area contributed by atoms with E-state index < -0.39 is 15.8 Å². The zero-order chi connectivity index (χ0) is 13.8. The first-order valence-electron chi connectivity index (χ1n) is 5.13. The molecule has 1 N–H and O–H groups in total. The first kappa shape index (κ1) is 14.6. The van der Waals surface area contributed by atoms with Gasteiger partial charge in [0.15, 0.2) is 0 Å². The monoisotopic (exact) mass is 272 g/mol. The van der Waals surface area contributed by atoms with Gasteiger partial charge in [-0.3, -0.25) is 0 Å². The van der Waals surface area contributed by atoms with Gasteiger partial charge in [-0.05, 0) is 25.1 Å². The van der Waals surface area contributed by atoms with E-state index in [9.17, 15) is 12.8 Å². The molecule has 1 rings (SSSR count). The van der Waals surface area contributed by atoms with Crippen molar-refractivity contribution >= 4 is 10.0 Å². The standard InChI is InChI=1S/C11H13FN2O3S/c1-8(17-2)7-14-18(15,16)10-3-4-11(12)9(5-10)6-13/h3-5,8,14H,7H2,1-2H3. The number of ether oxygens (including phenoxy) is 1. The fraction of sp³-hybridized carbons (Fsp3) is 0.364. The van der Waals surface area contributed by atoms with Crippen LogP contribution in [0.4, 0.5) is 4.39 Å². The normalized spacial score (nSPS) is 13.0. The van der Waals surface area contributed by atoms with E-state index in [1.807, 2.05) is 0 Å². The molecule has 0 radical (unpaired) electrons. The minimum atomic E-state index is -3.76. The molecule has 0 spiro atoms. The number of nitriles is 1. The number of methoxy groups -OCH3 is 1. The Morgan fingerprint density at radius 3 is 2.78 bits per heavy atom. The number of hydrogen-bond donors (Lipinski definition) is 1. The van der Waals surface area contributed by atoms with Crippen LogP contribution < -0.4 is 4.72 Å². The molecule has 5 nitrogen and oxygen atoms in total. The highest BCUT2D eigenvalue weighted by Gasteiger charge is 2.17. The average molecular weight is 272 g/mol. The molecule has 1 unspecified atom stereocenters. The van der Waals surface area contributed by atoms with E-state index >= 15 is 0 Å². The summed E-state index contributed by atoms with van der Waals surface area (Å²) in [6, 6.07) is 4.65. The van der Waals surface area contributed by atoms with Gasteiger partial charge in [-0.15, -0.1) is 0 Å². The Kier molecular flexibility index (Phi) is 4.78. The van der Waals surface area contributed by atoms with Crippen LogP contribution >= 0.6 is 0 Å². The summed E-state index contributed by atoms with van der Waals surface area (Å²) >= 11 is 0. The van der Waals surface area contributed by atoms with E-state index in [0.29, 0.717) is 0 Å². The van der Waals surface area contributed by atoms with Crippen molar-refractivity contribution in [1.82, 2.24) is 4.72 Å². The molecule has 0 saturated heterocycles. The molecule has 0 aliphatic carbocycles. The zero-order valence-electron chi connectivity index (χ0n) is 9.97. The predicted molar refractivity (Wildman–Crippen MR) is 62.8 cm³/mol. The number of rotatable bonds is 5. The first-order chi connectivity index (χ1) is 8.40. The van der Waals surface area contributed by atoms with Crippen LogP contribution in [0.5, 0.6) is 0 Å². The fourth-order valence-corrected chi connectivity index (χ4v) is 2.29. The Bertz CT molecular complexity index is 566. The summed E-state index contributed by atoms with van der Waals surface area (Å²) in [6.45, 7) is 1.80. The van der Waals surface area contributed by atoms with Gasteiger partial charge in [0.05, 0.1) is 16.6 Å². The predicted octanol–water partition coefficient (Wildman–Crippen LogP) is 1.01. The molecule has 98 valence electrons. The van der Waals surface area contributed by atoms with Gasteiger partial charge in [0, 0.05) is 13.7 Å². The first-order valence-corrected chi connectivity index (χ1v) is 6.61.